The van der Waals surface area contributed by atoms with E-state index in [9.17, 15) is 9.90 Å². The molecule has 0 radical (unpaired) electrons. The van der Waals surface area contributed by atoms with Crippen LogP contribution in [0.1, 0.15) is 42.3 Å². The summed E-state index contributed by atoms with van der Waals surface area (Å²) in [4.78, 5) is 18.6. The Labute approximate surface area is 135 Å². The zero-order valence-electron chi connectivity index (χ0n) is 13.2. The number of likely N-dealkylation sites (tertiary alicyclic amines) is 1. The van der Waals surface area contributed by atoms with Gasteiger partial charge >= 0.3 is 5.97 Å². The average Bonchev–Trinajstić information content (AvgIpc) is 3.13. The SMILES string of the molecule is COC(=O)[C@@H]1C[C@@H](O)[C@H](N2CCC(c3nc(C)cs3)CC2)C1. The Balaban J connectivity index is 1.56. The van der Waals surface area contributed by atoms with E-state index in [1.807, 2.05) is 6.92 Å². The van der Waals surface area contributed by atoms with Crippen LogP contribution in [0, 0.1) is 12.8 Å². The quantitative estimate of drug-likeness (QED) is 0.861. The zero-order chi connectivity index (χ0) is 15.7. The molecule has 122 valence electrons. The summed E-state index contributed by atoms with van der Waals surface area (Å²) in [5, 5.41) is 13.6. The van der Waals surface area contributed by atoms with Crippen LogP contribution in [0.5, 0.6) is 0 Å². The van der Waals surface area contributed by atoms with Crippen molar-refractivity contribution in [2.24, 2.45) is 5.92 Å². The third-order valence-electron chi connectivity index (χ3n) is 5.02. The van der Waals surface area contributed by atoms with Crippen LogP contribution in [0.4, 0.5) is 0 Å². The summed E-state index contributed by atoms with van der Waals surface area (Å²) in [7, 11) is 1.42. The van der Waals surface area contributed by atoms with Gasteiger partial charge in [0.1, 0.15) is 0 Å². The molecule has 0 spiro atoms. The zero-order valence-corrected chi connectivity index (χ0v) is 14.0. The Morgan fingerprint density at radius 3 is 2.73 bits per heavy atom. The van der Waals surface area contributed by atoms with Crippen LogP contribution < -0.4 is 0 Å². The number of carbonyl (C=O) groups excluding carboxylic acids is 1. The highest BCUT2D eigenvalue weighted by Crippen LogP contribution is 2.36. The summed E-state index contributed by atoms with van der Waals surface area (Å²) in [6.07, 6.45) is 3.00. The van der Waals surface area contributed by atoms with E-state index in [4.69, 9.17) is 4.74 Å². The van der Waals surface area contributed by atoms with Crippen LogP contribution >= 0.6 is 11.3 Å². The molecule has 2 heterocycles. The van der Waals surface area contributed by atoms with Crippen molar-refractivity contribution in [1.82, 2.24) is 9.88 Å². The van der Waals surface area contributed by atoms with Crippen LogP contribution in [0.3, 0.4) is 0 Å². The number of methoxy groups -OCH3 is 1. The van der Waals surface area contributed by atoms with E-state index in [0.717, 1.165) is 38.0 Å². The Morgan fingerprint density at radius 1 is 1.41 bits per heavy atom. The predicted octanol–water partition coefficient (Wildman–Crippen LogP) is 1.94. The summed E-state index contributed by atoms with van der Waals surface area (Å²) in [6, 6.07) is 0.100. The first kappa shape index (κ1) is 15.9. The molecular formula is C16H24N2O3S. The van der Waals surface area contributed by atoms with Gasteiger partial charge in [0, 0.05) is 23.0 Å². The van der Waals surface area contributed by atoms with Gasteiger partial charge in [0.05, 0.1) is 24.1 Å². The predicted molar refractivity (Wildman–Crippen MR) is 84.9 cm³/mol. The van der Waals surface area contributed by atoms with E-state index in [1.165, 1.54) is 12.1 Å². The van der Waals surface area contributed by atoms with Crippen molar-refractivity contribution in [2.45, 2.75) is 50.7 Å². The van der Waals surface area contributed by atoms with Gasteiger partial charge in [-0.15, -0.1) is 11.3 Å². The molecule has 1 aliphatic carbocycles. The first-order valence-corrected chi connectivity index (χ1v) is 8.88. The van der Waals surface area contributed by atoms with Gasteiger partial charge in [0.15, 0.2) is 0 Å². The number of aromatic nitrogens is 1. The van der Waals surface area contributed by atoms with Gasteiger partial charge < -0.3 is 9.84 Å². The summed E-state index contributed by atoms with van der Waals surface area (Å²) in [6.45, 7) is 3.98. The fraction of sp³-hybridized carbons (Fsp3) is 0.750. The van der Waals surface area contributed by atoms with E-state index in [-0.39, 0.29) is 17.9 Å². The first-order valence-electron chi connectivity index (χ1n) is 8.00. The molecule has 3 rings (SSSR count). The maximum absolute atomic E-state index is 11.7. The second kappa shape index (κ2) is 6.64. The van der Waals surface area contributed by atoms with Crippen LogP contribution in [-0.4, -0.2) is 53.3 Å². The molecule has 1 saturated heterocycles. The lowest BCUT2D eigenvalue weighted by Gasteiger charge is -2.36. The number of aliphatic hydroxyl groups is 1. The lowest BCUT2D eigenvalue weighted by molar-refractivity contribution is -0.145. The maximum Gasteiger partial charge on any atom is 0.308 e. The van der Waals surface area contributed by atoms with Gasteiger partial charge in [-0.2, -0.15) is 0 Å². The van der Waals surface area contributed by atoms with Crippen LogP contribution in [-0.2, 0) is 9.53 Å². The van der Waals surface area contributed by atoms with Crippen molar-refractivity contribution in [3.63, 3.8) is 0 Å². The molecule has 0 bridgehead atoms. The standard InChI is InChI=1S/C16H24N2O3S/c1-10-9-22-15(17-10)11-3-5-18(6-4-11)13-7-12(8-14(13)19)16(20)21-2/h9,11-14,19H,3-8H2,1-2H3/t12-,13+,14+/m0/s1. The molecule has 3 atom stereocenters. The second-order valence-electron chi connectivity index (χ2n) is 6.46. The monoisotopic (exact) mass is 324 g/mol. The fourth-order valence-electron chi connectivity index (χ4n) is 3.78. The number of esters is 1. The molecule has 6 heteroatoms. The molecule has 5 nitrogen and oxygen atoms in total. The highest BCUT2D eigenvalue weighted by molar-refractivity contribution is 7.09. The number of hydrogen-bond donors (Lipinski definition) is 1. The number of aryl methyl sites for hydroxylation is 1. The van der Waals surface area contributed by atoms with Gasteiger partial charge in [0.2, 0.25) is 0 Å². The molecule has 1 N–H and O–H groups in total. The second-order valence-corrected chi connectivity index (χ2v) is 7.35. The van der Waals surface area contributed by atoms with Gasteiger partial charge in [-0.3, -0.25) is 9.69 Å². The van der Waals surface area contributed by atoms with Crippen LogP contribution in [0.15, 0.2) is 5.38 Å². The molecule has 0 unspecified atom stereocenters. The Kier molecular flexibility index (Phi) is 4.80. The topological polar surface area (TPSA) is 62.7 Å². The highest BCUT2D eigenvalue weighted by atomic mass is 32.1. The number of hydrogen-bond acceptors (Lipinski definition) is 6. The number of aliphatic hydroxyl groups excluding tert-OH is 1. The molecular weight excluding hydrogens is 300 g/mol. The molecule has 1 aromatic rings. The molecule has 2 aliphatic rings. The summed E-state index contributed by atoms with van der Waals surface area (Å²) in [5.74, 6) is 0.212. The molecule has 0 amide bonds. The molecule has 22 heavy (non-hydrogen) atoms. The van der Waals surface area contributed by atoms with E-state index >= 15 is 0 Å². The molecule has 1 saturated carbocycles. The van der Waals surface area contributed by atoms with E-state index in [2.05, 4.69) is 15.3 Å². The normalized spacial score (nSPS) is 30.6. The minimum absolute atomic E-state index is 0.100. The van der Waals surface area contributed by atoms with Crippen molar-refractivity contribution in [1.29, 1.82) is 0 Å². The Morgan fingerprint density at radius 2 is 2.14 bits per heavy atom. The highest BCUT2D eigenvalue weighted by Gasteiger charge is 2.41. The van der Waals surface area contributed by atoms with Gasteiger partial charge in [0.25, 0.3) is 0 Å². The number of thiazole rings is 1. The van der Waals surface area contributed by atoms with E-state index in [0.29, 0.717) is 12.3 Å². The third kappa shape index (κ3) is 3.19. The van der Waals surface area contributed by atoms with Crippen LogP contribution in [0.2, 0.25) is 0 Å². The summed E-state index contributed by atoms with van der Waals surface area (Å²) in [5.41, 5.74) is 1.11. The van der Waals surface area contributed by atoms with Crippen molar-refractivity contribution in [3.05, 3.63) is 16.1 Å². The van der Waals surface area contributed by atoms with Gasteiger partial charge in [-0.05, 0) is 45.7 Å². The summed E-state index contributed by atoms with van der Waals surface area (Å²) >= 11 is 1.76. The van der Waals surface area contributed by atoms with E-state index in [1.54, 1.807) is 11.3 Å². The maximum atomic E-state index is 11.7. The lowest BCUT2D eigenvalue weighted by atomic mass is 9.95. The minimum atomic E-state index is -0.414. The van der Waals surface area contributed by atoms with Gasteiger partial charge in [-0.1, -0.05) is 0 Å². The number of carbonyl (C=O) groups is 1. The number of rotatable bonds is 3. The third-order valence-corrected chi connectivity index (χ3v) is 6.14. The first-order chi connectivity index (χ1) is 10.6. The fourth-order valence-corrected chi connectivity index (χ4v) is 4.75. The molecule has 0 aromatic carbocycles. The molecule has 2 fully saturated rings. The van der Waals surface area contributed by atoms with Crippen molar-refractivity contribution in [2.75, 3.05) is 20.2 Å². The largest absolute Gasteiger partial charge is 0.469 e. The number of ether oxygens (including phenoxy) is 1. The smallest absolute Gasteiger partial charge is 0.308 e. The van der Waals surface area contributed by atoms with Gasteiger partial charge in [-0.25, -0.2) is 4.98 Å². The Hall–Kier alpha value is -0.980. The van der Waals surface area contributed by atoms with E-state index < -0.39 is 6.10 Å². The van der Waals surface area contributed by atoms with Crippen molar-refractivity contribution >= 4 is 17.3 Å². The molecule has 1 aliphatic heterocycles. The van der Waals surface area contributed by atoms with Crippen molar-refractivity contribution < 1.29 is 14.6 Å². The lowest BCUT2D eigenvalue weighted by Crippen LogP contribution is -2.44. The molecule has 1 aromatic heterocycles. The van der Waals surface area contributed by atoms with Crippen molar-refractivity contribution in [3.8, 4) is 0 Å². The number of piperidine rings is 1. The average molecular weight is 324 g/mol. The van der Waals surface area contributed by atoms with Crippen LogP contribution in [0.25, 0.3) is 0 Å². The number of nitrogens with zero attached hydrogens (tertiary/aromatic N) is 2. The summed E-state index contributed by atoms with van der Waals surface area (Å²) < 4.78 is 4.82. The Bertz CT molecular complexity index is 525. The minimum Gasteiger partial charge on any atom is -0.469 e.